The maximum Gasteiger partial charge on any atom is 0.134 e. The molecule has 0 radical (unpaired) electrons. The van der Waals surface area contributed by atoms with Gasteiger partial charge in [-0.25, -0.2) is 8.21 Å². The molecule has 0 amide bonds. The number of hydrogen-bond acceptors (Lipinski definition) is 4. The molecular formula is C18H54N4P2Si6. The zero-order valence-electron chi connectivity index (χ0n) is 23.7. The summed E-state index contributed by atoms with van der Waals surface area (Å²) in [5.41, 5.74) is 0. The lowest BCUT2D eigenvalue weighted by Gasteiger charge is -2.74. The smallest absolute Gasteiger partial charge is 0.134 e. The van der Waals surface area contributed by atoms with Crippen LogP contribution in [0.15, 0.2) is 0 Å². The molecule has 0 aromatic carbocycles. The lowest BCUT2D eigenvalue weighted by Crippen LogP contribution is -2.72. The highest BCUT2D eigenvalue weighted by molar-refractivity contribution is 7.88. The van der Waals surface area contributed by atoms with Crippen LogP contribution in [0.1, 0.15) is 0 Å². The van der Waals surface area contributed by atoms with Gasteiger partial charge in [0.1, 0.15) is 66.2 Å². The minimum Gasteiger partial charge on any atom is -0.301 e. The van der Waals surface area contributed by atoms with Gasteiger partial charge in [-0.05, 0) is 0 Å². The minimum atomic E-state index is -1.48. The van der Waals surface area contributed by atoms with Crippen LogP contribution in [0.2, 0.25) is 118 Å². The quantitative estimate of drug-likeness (QED) is 0.219. The Morgan fingerprint density at radius 3 is 0.633 bits per heavy atom. The summed E-state index contributed by atoms with van der Waals surface area (Å²) in [4.78, 5) is 0. The van der Waals surface area contributed by atoms with Gasteiger partial charge in [-0.15, -0.1) is 0 Å². The lowest BCUT2D eigenvalue weighted by atomic mass is 11.8. The fraction of sp³-hybridized carbons (Fsp3) is 1.00. The normalized spacial score (nSPS) is 24.0. The van der Waals surface area contributed by atoms with Crippen LogP contribution in [0.5, 0.6) is 0 Å². The summed E-state index contributed by atoms with van der Waals surface area (Å²) in [6.45, 7) is 47.0. The third kappa shape index (κ3) is 6.56. The van der Waals surface area contributed by atoms with Crippen LogP contribution in [0.4, 0.5) is 0 Å². The van der Waals surface area contributed by atoms with Crippen molar-refractivity contribution < 1.29 is 0 Å². The minimum absolute atomic E-state index is 0.328. The molecule has 30 heavy (non-hydrogen) atoms. The summed E-state index contributed by atoms with van der Waals surface area (Å²) in [6.07, 6.45) is 0. The first kappa shape index (κ1) is 30.0. The Morgan fingerprint density at radius 1 is 0.367 bits per heavy atom. The van der Waals surface area contributed by atoms with E-state index in [1.54, 1.807) is 0 Å². The van der Waals surface area contributed by atoms with Crippen molar-refractivity contribution >= 4 is 66.2 Å². The lowest BCUT2D eigenvalue weighted by molar-refractivity contribution is 0.687. The van der Waals surface area contributed by atoms with Crippen molar-refractivity contribution in [1.29, 1.82) is 0 Å². The van der Waals surface area contributed by atoms with E-state index in [1.807, 2.05) is 0 Å². The molecule has 1 aliphatic heterocycles. The molecule has 0 saturated carbocycles. The van der Waals surface area contributed by atoms with Gasteiger partial charge in [-0.1, -0.05) is 118 Å². The molecule has 4 nitrogen and oxygen atoms in total. The molecule has 1 aliphatic rings. The Kier molecular flexibility index (Phi) is 8.91. The molecule has 0 N–H and O–H groups in total. The largest absolute Gasteiger partial charge is 0.301 e. The molecule has 1 fully saturated rings. The van der Waals surface area contributed by atoms with Gasteiger partial charge >= 0.3 is 0 Å². The van der Waals surface area contributed by atoms with E-state index < -0.39 is 49.4 Å². The van der Waals surface area contributed by atoms with E-state index in [1.165, 1.54) is 0 Å². The monoisotopic (exact) mass is 556 g/mol. The summed E-state index contributed by atoms with van der Waals surface area (Å²) in [6, 6.07) is 0. The van der Waals surface area contributed by atoms with Crippen molar-refractivity contribution in [2.24, 2.45) is 0 Å². The number of rotatable bonds is 8. The van der Waals surface area contributed by atoms with Crippen LogP contribution in [-0.4, -0.2) is 65.6 Å². The summed E-state index contributed by atoms with van der Waals surface area (Å²) < 4.78 is 12.8. The molecule has 0 aliphatic carbocycles. The van der Waals surface area contributed by atoms with Crippen LogP contribution in [0.3, 0.4) is 0 Å². The van der Waals surface area contributed by atoms with Gasteiger partial charge in [0.2, 0.25) is 0 Å². The van der Waals surface area contributed by atoms with E-state index in [0.717, 1.165) is 0 Å². The second kappa shape index (κ2) is 8.90. The van der Waals surface area contributed by atoms with E-state index in [0.29, 0.717) is 0 Å². The second-order valence-electron chi connectivity index (χ2n) is 14.8. The molecule has 0 spiro atoms. The van der Waals surface area contributed by atoms with Crippen molar-refractivity contribution in [2.75, 3.05) is 0 Å². The van der Waals surface area contributed by atoms with E-state index in [9.17, 15) is 0 Å². The average molecular weight is 557 g/mol. The van der Waals surface area contributed by atoms with Crippen LogP contribution >= 0.6 is 16.7 Å². The van der Waals surface area contributed by atoms with Crippen molar-refractivity contribution in [1.82, 2.24) is 16.2 Å². The predicted molar refractivity (Wildman–Crippen MR) is 161 cm³/mol. The van der Waals surface area contributed by atoms with Crippen molar-refractivity contribution in [2.45, 2.75) is 118 Å². The maximum absolute atomic E-state index is 3.20. The first-order valence-electron chi connectivity index (χ1n) is 11.5. The molecule has 1 saturated heterocycles. The molecule has 1 heterocycles. The molecule has 1 rings (SSSR count). The standard InChI is InChI=1S/C18H54N4P2Si6/c1-25(2,3)19-23(21(27(7,8)9)28(10,11)12)20(26(4,5)6)24(19)22(29(13,14)15)30(16,17)18/h1-18H3. The van der Waals surface area contributed by atoms with Gasteiger partial charge in [-0.3, -0.25) is 0 Å². The zero-order chi connectivity index (χ0) is 24.5. The van der Waals surface area contributed by atoms with Crippen molar-refractivity contribution in [3.63, 3.8) is 0 Å². The molecule has 0 unspecified atom stereocenters. The van der Waals surface area contributed by atoms with Crippen LogP contribution in [0, 0.1) is 0 Å². The summed E-state index contributed by atoms with van der Waals surface area (Å²) in [7, 11) is -9.44. The summed E-state index contributed by atoms with van der Waals surface area (Å²) >= 11 is 0. The summed E-state index contributed by atoms with van der Waals surface area (Å²) in [5.74, 6) is 0. The van der Waals surface area contributed by atoms with Gasteiger partial charge in [0.25, 0.3) is 0 Å². The fourth-order valence-electron chi connectivity index (χ4n) is 4.77. The highest BCUT2D eigenvalue weighted by Gasteiger charge is 2.65. The predicted octanol–water partition coefficient (Wildman–Crippen LogP) is 8.67. The third-order valence-corrected chi connectivity index (χ3v) is 43.0. The second-order valence-corrected chi connectivity index (χ2v) is 51.5. The van der Waals surface area contributed by atoms with Crippen LogP contribution in [0.25, 0.3) is 0 Å². The molecule has 0 atom stereocenters. The van der Waals surface area contributed by atoms with Crippen LogP contribution < -0.4 is 0 Å². The highest BCUT2D eigenvalue weighted by atomic mass is 31.3. The Balaban J connectivity index is 3.84. The Bertz CT molecular complexity index is 521. The molecule has 0 bridgehead atoms. The molecule has 180 valence electrons. The first-order chi connectivity index (χ1) is 12.7. The van der Waals surface area contributed by atoms with E-state index >= 15 is 0 Å². The summed E-state index contributed by atoms with van der Waals surface area (Å²) in [5, 5.41) is 0. The van der Waals surface area contributed by atoms with E-state index in [2.05, 4.69) is 134 Å². The molecule has 0 aromatic heterocycles. The highest BCUT2D eigenvalue weighted by Crippen LogP contribution is 2.84. The Labute approximate surface area is 199 Å². The van der Waals surface area contributed by atoms with Gasteiger partial charge < -0.3 is 8.00 Å². The maximum atomic E-state index is 3.20. The van der Waals surface area contributed by atoms with Gasteiger partial charge in [0.15, 0.2) is 0 Å². The van der Waals surface area contributed by atoms with Crippen molar-refractivity contribution in [3.8, 4) is 0 Å². The number of nitrogens with zero attached hydrogens (tertiary/aromatic N) is 4. The number of hydrogen-bond donors (Lipinski definition) is 0. The van der Waals surface area contributed by atoms with Crippen molar-refractivity contribution in [3.05, 3.63) is 0 Å². The fourth-order valence-corrected chi connectivity index (χ4v) is 51.3. The SMILES string of the molecule is C[Si](C)(C)N1P(N([Si](C)(C)C)[Si](C)(C)C)N([Si](C)(C)C)P1N([Si](C)(C)C)[Si](C)(C)C. The molecule has 0 aromatic rings. The third-order valence-electron chi connectivity index (χ3n) is 4.78. The topological polar surface area (TPSA) is 13.0 Å². The van der Waals surface area contributed by atoms with E-state index in [-0.39, 0.29) is 16.7 Å². The molecule has 12 heteroatoms. The Hall–Kier alpha value is 2.00. The zero-order valence-corrected chi connectivity index (χ0v) is 31.5. The van der Waals surface area contributed by atoms with Crippen LogP contribution in [-0.2, 0) is 0 Å². The first-order valence-corrected chi connectivity index (χ1v) is 34.6. The van der Waals surface area contributed by atoms with Gasteiger partial charge in [-0.2, -0.15) is 0 Å². The Morgan fingerprint density at radius 2 is 0.533 bits per heavy atom. The molecular weight excluding hydrogens is 503 g/mol. The van der Waals surface area contributed by atoms with Gasteiger partial charge in [0.05, 0.1) is 0 Å². The van der Waals surface area contributed by atoms with Gasteiger partial charge in [0, 0.05) is 0 Å². The van der Waals surface area contributed by atoms with E-state index in [4.69, 9.17) is 0 Å². The average Bonchev–Trinajstić information content (AvgIpc) is 2.25.